The van der Waals surface area contributed by atoms with Gasteiger partial charge in [0.05, 0.1) is 0 Å². The minimum atomic E-state index is 0.329. The van der Waals surface area contributed by atoms with Gasteiger partial charge in [-0.15, -0.1) is 0 Å². The first kappa shape index (κ1) is 18.8. The Morgan fingerprint density at radius 2 is 1.16 bits per heavy atom. The number of rotatable bonds is 3. The second-order valence-electron chi connectivity index (χ2n) is 8.56. The van der Waals surface area contributed by atoms with Gasteiger partial charge in [0, 0.05) is 5.92 Å². The van der Waals surface area contributed by atoms with E-state index < -0.39 is 0 Å². The molecule has 0 heteroatoms. The summed E-state index contributed by atoms with van der Waals surface area (Å²) in [7, 11) is 0. The molecule has 0 radical (unpaired) electrons. The van der Waals surface area contributed by atoms with E-state index in [1.807, 2.05) is 0 Å². The van der Waals surface area contributed by atoms with Crippen LogP contribution in [0.3, 0.4) is 0 Å². The first-order valence-electron chi connectivity index (χ1n) is 11.3. The number of allylic oxidation sites excluding steroid dienone is 4. The van der Waals surface area contributed by atoms with Gasteiger partial charge in [-0.05, 0) is 55.8 Å². The molecular weight excluding hydrogens is 384 g/mol. The molecule has 1 unspecified atom stereocenters. The van der Waals surface area contributed by atoms with Crippen molar-refractivity contribution in [2.75, 3.05) is 0 Å². The van der Waals surface area contributed by atoms with Crippen LogP contribution in [0.1, 0.15) is 29.0 Å². The highest BCUT2D eigenvalue weighted by Crippen LogP contribution is 2.42. The second-order valence-corrected chi connectivity index (χ2v) is 8.56. The number of fused-ring (bicyclic) bond motifs is 2. The Bertz CT molecular complexity index is 1470. The van der Waals surface area contributed by atoms with Crippen molar-refractivity contribution in [2.45, 2.75) is 12.3 Å². The molecule has 0 aliphatic heterocycles. The molecule has 5 aromatic rings. The molecule has 1 atom stereocenters. The zero-order chi connectivity index (χ0) is 21.3. The fraction of sp³-hybridized carbons (Fsp3) is 0.0625. The Morgan fingerprint density at radius 1 is 0.531 bits per heavy atom. The molecule has 0 saturated heterocycles. The van der Waals surface area contributed by atoms with Gasteiger partial charge in [-0.3, -0.25) is 0 Å². The number of hydrogen-bond donors (Lipinski definition) is 0. The van der Waals surface area contributed by atoms with Crippen molar-refractivity contribution < 1.29 is 0 Å². The highest BCUT2D eigenvalue weighted by Gasteiger charge is 2.21. The summed E-state index contributed by atoms with van der Waals surface area (Å²) in [5.41, 5.74) is 6.73. The molecule has 32 heavy (non-hydrogen) atoms. The van der Waals surface area contributed by atoms with Gasteiger partial charge < -0.3 is 0 Å². The zero-order valence-corrected chi connectivity index (χ0v) is 17.9. The lowest BCUT2D eigenvalue weighted by Crippen LogP contribution is -2.05. The third kappa shape index (κ3) is 3.35. The van der Waals surface area contributed by atoms with Gasteiger partial charge in [0.2, 0.25) is 0 Å². The van der Waals surface area contributed by atoms with E-state index in [9.17, 15) is 0 Å². The minimum absolute atomic E-state index is 0.329. The van der Waals surface area contributed by atoms with Gasteiger partial charge in [0.25, 0.3) is 0 Å². The third-order valence-electron chi connectivity index (χ3n) is 6.62. The summed E-state index contributed by atoms with van der Waals surface area (Å²) in [6.45, 7) is 0. The maximum absolute atomic E-state index is 2.46. The van der Waals surface area contributed by atoms with Crippen molar-refractivity contribution in [1.29, 1.82) is 0 Å². The minimum Gasteiger partial charge on any atom is -0.0688 e. The summed E-state index contributed by atoms with van der Waals surface area (Å²) < 4.78 is 0. The largest absolute Gasteiger partial charge is 0.0688 e. The Balaban J connectivity index is 1.55. The van der Waals surface area contributed by atoms with Crippen LogP contribution in [0.5, 0.6) is 0 Å². The molecule has 0 heterocycles. The molecule has 0 bridgehead atoms. The molecule has 0 spiro atoms. The average Bonchev–Trinajstić information content (AvgIpc) is 2.88. The van der Waals surface area contributed by atoms with Gasteiger partial charge in [0.1, 0.15) is 0 Å². The van der Waals surface area contributed by atoms with E-state index in [4.69, 9.17) is 0 Å². The Kier molecular flexibility index (Phi) is 4.70. The normalized spacial score (nSPS) is 16.1. The Morgan fingerprint density at radius 3 is 1.97 bits per heavy atom. The number of benzene rings is 5. The third-order valence-corrected chi connectivity index (χ3v) is 6.62. The lowest BCUT2D eigenvalue weighted by molar-refractivity contribution is 0.880. The molecule has 1 aliphatic rings. The van der Waals surface area contributed by atoms with Crippen molar-refractivity contribution in [3.63, 3.8) is 0 Å². The van der Waals surface area contributed by atoms with Gasteiger partial charge in [-0.1, -0.05) is 127 Å². The van der Waals surface area contributed by atoms with Crippen LogP contribution in [0.25, 0.3) is 32.7 Å². The fourth-order valence-electron chi connectivity index (χ4n) is 5.08. The Labute approximate surface area is 189 Å². The highest BCUT2D eigenvalue weighted by atomic mass is 14.2. The van der Waals surface area contributed by atoms with Crippen LogP contribution >= 0.6 is 0 Å². The molecule has 0 saturated carbocycles. The molecule has 0 amide bonds. The second kappa shape index (κ2) is 7.98. The van der Waals surface area contributed by atoms with Crippen LogP contribution in [-0.4, -0.2) is 0 Å². The first-order chi connectivity index (χ1) is 15.9. The molecule has 0 N–H and O–H groups in total. The zero-order valence-electron chi connectivity index (χ0n) is 17.9. The molecule has 5 aromatic carbocycles. The molecule has 0 fully saturated rings. The highest BCUT2D eigenvalue weighted by molar-refractivity contribution is 5.98. The lowest BCUT2D eigenvalue weighted by atomic mass is 9.79. The maximum atomic E-state index is 2.46. The van der Waals surface area contributed by atoms with Crippen LogP contribution in [0.15, 0.2) is 127 Å². The van der Waals surface area contributed by atoms with Gasteiger partial charge in [0.15, 0.2) is 0 Å². The average molecular weight is 409 g/mol. The van der Waals surface area contributed by atoms with E-state index in [1.54, 1.807) is 0 Å². The summed E-state index contributed by atoms with van der Waals surface area (Å²) in [5.74, 6) is 0.329. The van der Waals surface area contributed by atoms with Crippen LogP contribution < -0.4 is 0 Å². The van der Waals surface area contributed by atoms with E-state index in [0.29, 0.717) is 5.92 Å². The van der Waals surface area contributed by atoms with Crippen molar-refractivity contribution in [3.8, 4) is 0 Å². The van der Waals surface area contributed by atoms with E-state index >= 15 is 0 Å². The van der Waals surface area contributed by atoms with Crippen molar-refractivity contribution >= 4 is 32.7 Å². The molecular formula is C32H24. The summed E-state index contributed by atoms with van der Waals surface area (Å²) >= 11 is 0. The predicted octanol–water partition coefficient (Wildman–Crippen LogP) is 8.65. The maximum Gasteiger partial charge on any atom is 0.00739 e. The standard InChI is InChI=1S/C32H24/c1-2-10-23(11-3-1)26-20-27(31-18-8-14-24-12-4-6-16-29(24)31)22-28(21-26)32-19-9-15-25-13-5-7-17-30(25)32/h1-21,27H,22H2. The fourth-order valence-corrected chi connectivity index (χ4v) is 5.08. The van der Waals surface area contributed by atoms with Crippen molar-refractivity contribution in [1.82, 2.24) is 0 Å². The van der Waals surface area contributed by atoms with E-state index in [1.165, 1.54) is 49.4 Å². The quantitative estimate of drug-likeness (QED) is 0.280. The SMILES string of the molecule is C1=C(c2ccccc2)C=C(c2cccc3ccccc23)CC1c1cccc2ccccc12. The molecule has 1 aliphatic carbocycles. The predicted molar refractivity (Wildman–Crippen MR) is 138 cm³/mol. The number of hydrogen-bond acceptors (Lipinski definition) is 0. The monoisotopic (exact) mass is 408 g/mol. The van der Waals surface area contributed by atoms with Gasteiger partial charge in [-0.25, -0.2) is 0 Å². The smallest absolute Gasteiger partial charge is 0.00739 e. The van der Waals surface area contributed by atoms with Crippen LogP contribution in [0, 0.1) is 0 Å². The van der Waals surface area contributed by atoms with Crippen LogP contribution in [-0.2, 0) is 0 Å². The van der Waals surface area contributed by atoms with E-state index in [0.717, 1.165) is 6.42 Å². The molecule has 152 valence electrons. The lowest BCUT2D eigenvalue weighted by Gasteiger charge is -2.25. The summed E-state index contributed by atoms with van der Waals surface area (Å²) in [6, 6.07) is 41.6. The molecule has 0 nitrogen and oxygen atoms in total. The Hall–Kier alpha value is -3.90. The molecule has 0 aromatic heterocycles. The summed E-state index contributed by atoms with van der Waals surface area (Å²) in [4.78, 5) is 0. The van der Waals surface area contributed by atoms with Gasteiger partial charge >= 0.3 is 0 Å². The van der Waals surface area contributed by atoms with E-state index in [-0.39, 0.29) is 0 Å². The first-order valence-corrected chi connectivity index (χ1v) is 11.3. The summed E-state index contributed by atoms with van der Waals surface area (Å²) in [5, 5.41) is 5.28. The van der Waals surface area contributed by atoms with Crippen molar-refractivity contribution in [3.05, 3.63) is 144 Å². The van der Waals surface area contributed by atoms with Gasteiger partial charge in [-0.2, -0.15) is 0 Å². The van der Waals surface area contributed by atoms with Crippen LogP contribution in [0.2, 0.25) is 0 Å². The van der Waals surface area contributed by atoms with E-state index in [2.05, 4.69) is 127 Å². The van der Waals surface area contributed by atoms with Crippen LogP contribution in [0.4, 0.5) is 0 Å². The van der Waals surface area contributed by atoms with Crippen molar-refractivity contribution in [2.24, 2.45) is 0 Å². The topological polar surface area (TPSA) is 0 Å². The molecule has 6 rings (SSSR count). The summed E-state index contributed by atoms with van der Waals surface area (Å²) in [6.07, 6.45) is 5.86.